The van der Waals surface area contributed by atoms with E-state index in [2.05, 4.69) is 4.74 Å². The molecule has 78 valence electrons. The normalized spacial score (nSPS) is 12.6. The van der Waals surface area contributed by atoms with Crippen LogP contribution in [0.1, 0.15) is 20.8 Å². The van der Waals surface area contributed by atoms with E-state index in [4.69, 9.17) is 4.55 Å². The lowest BCUT2D eigenvalue weighted by atomic mass is 9.97. The van der Waals surface area contributed by atoms with Crippen LogP contribution in [0.3, 0.4) is 0 Å². The van der Waals surface area contributed by atoms with Crippen LogP contribution in [-0.4, -0.2) is 31.3 Å². The molecule has 0 aromatic rings. The van der Waals surface area contributed by atoms with Crippen LogP contribution in [0.4, 0.5) is 0 Å². The number of carbonyl (C=O) groups is 1. The molecule has 0 heterocycles. The first-order valence-electron chi connectivity index (χ1n) is 3.75. The van der Waals surface area contributed by atoms with Crippen molar-refractivity contribution in [2.75, 3.05) is 12.4 Å². The highest BCUT2D eigenvalue weighted by Crippen LogP contribution is 2.14. The third-order valence-corrected chi connectivity index (χ3v) is 1.87. The molecule has 1 N–H and O–H groups in total. The largest absolute Gasteiger partial charge is 0.464 e. The van der Waals surface area contributed by atoms with E-state index in [-0.39, 0.29) is 6.61 Å². The molecular weight excluding hydrogens is 196 g/mol. The second kappa shape index (κ2) is 4.06. The molecule has 0 atom stereocenters. The number of ether oxygens (including phenoxy) is 1. The highest BCUT2D eigenvalue weighted by Gasteiger charge is 2.23. The summed E-state index contributed by atoms with van der Waals surface area (Å²) in [5, 5.41) is 0. The Morgan fingerprint density at radius 1 is 1.38 bits per heavy atom. The zero-order valence-electron chi connectivity index (χ0n) is 7.90. The summed E-state index contributed by atoms with van der Waals surface area (Å²) in [5.41, 5.74) is -0.654. The average molecular weight is 210 g/mol. The molecule has 0 unspecified atom stereocenters. The van der Waals surface area contributed by atoms with Crippen LogP contribution in [-0.2, 0) is 19.6 Å². The smallest absolute Gasteiger partial charge is 0.311 e. The summed E-state index contributed by atoms with van der Waals surface area (Å²) in [5.74, 6) is -1.05. The van der Waals surface area contributed by atoms with Crippen molar-refractivity contribution in [2.24, 2.45) is 5.41 Å². The maximum Gasteiger partial charge on any atom is 0.311 e. The molecule has 0 saturated heterocycles. The van der Waals surface area contributed by atoms with Crippen LogP contribution in [0.15, 0.2) is 0 Å². The van der Waals surface area contributed by atoms with Crippen molar-refractivity contribution < 1.29 is 22.5 Å². The molecule has 5 nitrogen and oxygen atoms in total. The van der Waals surface area contributed by atoms with E-state index in [1.165, 1.54) is 0 Å². The van der Waals surface area contributed by atoms with Gasteiger partial charge in [-0.25, -0.2) is 0 Å². The maximum absolute atomic E-state index is 11.1. The summed E-state index contributed by atoms with van der Waals surface area (Å²) >= 11 is 0. The van der Waals surface area contributed by atoms with E-state index < -0.39 is 27.3 Å². The molecule has 0 radical (unpaired) electrons. The molecule has 0 aliphatic rings. The van der Waals surface area contributed by atoms with Crippen molar-refractivity contribution in [3.63, 3.8) is 0 Å². The summed E-state index contributed by atoms with van der Waals surface area (Å²) in [6.07, 6.45) is 0. The molecular formula is C7H14O5S. The van der Waals surface area contributed by atoms with Gasteiger partial charge in [-0.3, -0.25) is 9.35 Å². The van der Waals surface area contributed by atoms with Crippen molar-refractivity contribution in [3.05, 3.63) is 0 Å². The second-order valence-electron chi connectivity index (χ2n) is 3.67. The van der Waals surface area contributed by atoms with Gasteiger partial charge in [0, 0.05) is 0 Å². The van der Waals surface area contributed by atoms with Crippen molar-refractivity contribution in [1.29, 1.82) is 0 Å². The molecule has 0 bridgehead atoms. The lowest BCUT2D eigenvalue weighted by Gasteiger charge is -2.15. The molecule has 13 heavy (non-hydrogen) atoms. The van der Waals surface area contributed by atoms with Crippen LogP contribution in [0.25, 0.3) is 0 Å². The SMILES string of the molecule is CC(C)(C)C(=O)OCCS(=O)(=O)O. The number of esters is 1. The minimum Gasteiger partial charge on any atom is -0.464 e. The lowest BCUT2D eigenvalue weighted by Crippen LogP contribution is -2.25. The van der Waals surface area contributed by atoms with Gasteiger partial charge in [0.1, 0.15) is 12.4 Å². The molecule has 6 heteroatoms. The summed E-state index contributed by atoms with van der Waals surface area (Å²) in [6.45, 7) is 4.66. The van der Waals surface area contributed by atoms with Gasteiger partial charge < -0.3 is 4.74 Å². The van der Waals surface area contributed by atoms with Gasteiger partial charge in [0.05, 0.1) is 5.41 Å². The van der Waals surface area contributed by atoms with Gasteiger partial charge in [-0.2, -0.15) is 8.42 Å². The summed E-state index contributed by atoms with van der Waals surface area (Å²) in [6, 6.07) is 0. The highest BCUT2D eigenvalue weighted by atomic mass is 32.2. The maximum atomic E-state index is 11.1. The third kappa shape index (κ3) is 6.53. The first-order chi connectivity index (χ1) is 5.63. The van der Waals surface area contributed by atoms with Gasteiger partial charge >= 0.3 is 5.97 Å². The lowest BCUT2D eigenvalue weighted by molar-refractivity contribution is -0.152. The fourth-order valence-corrected chi connectivity index (χ4v) is 0.750. The van der Waals surface area contributed by atoms with Gasteiger partial charge in [-0.15, -0.1) is 0 Å². The van der Waals surface area contributed by atoms with E-state index in [0.717, 1.165) is 0 Å². The van der Waals surface area contributed by atoms with Crippen molar-refractivity contribution in [1.82, 2.24) is 0 Å². The topological polar surface area (TPSA) is 80.7 Å². The Hall–Kier alpha value is -0.620. The van der Waals surface area contributed by atoms with Gasteiger partial charge in [0.15, 0.2) is 0 Å². The van der Waals surface area contributed by atoms with Gasteiger partial charge in [-0.1, -0.05) is 0 Å². The van der Waals surface area contributed by atoms with E-state index in [0.29, 0.717) is 0 Å². The van der Waals surface area contributed by atoms with E-state index in [1.54, 1.807) is 20.8 Å². The van der Waals surface area contributed by atoms with E-state index in [9.17, 15) is 13.2 Å². The quantitative estimate of drug-likeness (QED) is 0.540. The monoisotopic (exact) mass is 210 g/mol. The molecule has 0 aliphatic heterocycles. The number of rotatable bonds is 3. The fraction of sp³-hybridized carbons (Fsp3) is 0.857. The number of hydrogen-bond acceptors (Lipinski definition) is 4. The Labute approximate surface area is 77.8 Å². The highest BCUT2D eigenvalue weighted by molar-refractivity contribution is 7.85. The predicted octanol–water partition coefficient (Wildman–Crippen LogP) is 0.463. The Kier molecular flexibility index (Phi) is 3.87. The number of hydrogen-bond donors (Lipinski definition) is 1. The fourth-order valence-electron chi connectivity index (χ4n) is 0.456. The third-order valence-electron chi connectivity index (χ3n) is 1.19. The van der Waals surface area contributed by atoms with Gasteiger partial charge in [-0.05, 0) is 20.8 Å². The van der Waals surface area contributed by atoms with Crippen molar-refractivity contribution in [3.8, 4) is 0 Å². The molecule has 0 saturated carbocycles. The minimum atomic E-state index is -4.04. The van der Waals surface area contributed by atoms with Crippen LogP contribution in [0.2, 0.25) is 0 Å². The summed E-state index contributed by atoms with van der Waals surface area (Å²) < 4.78 is 33.4. The van der Waals surface area contributed by atoms with E-state index in [1.807, 2.05) is 0 Å². The Morgan fingerprint density at radius 2 is 1.85 bits per heavy atom. The predicted molar refractivity (Wildman–Crippen MR) is 46.8 cm³/mol. The average Bonchev–Trinajstić information content (AvgIpc) is 1.82. The van der Waals surface area contributed by atoms with Crippen molar-refractivity contribution >= 4 is 16.1 Å². The molecule has 0 aliphatic carbocycles. The minimum absolute atomic E-state index is 0.311. The molecule has 0 rings (SSSR count). The second-order valence-corrected chi connectivity index (χ2v) is 5.24. The Morgan fingerprint density at radius 3 is 2.15 bits per heavy atom. The van der Waals surface area contributed by atoms with Crippen LogP contribution in [0, 0.1) is 5.41 Å². The van der Waals surface area contributed by atoms with Crippen LogP contribution in [0.5, 0.6) is 0 Å². The van der Waals surface area contributed by atoms with Crippen molar-refractivity contribution in [2.45, 2.75) is 20.8 Å². The Balaban J connectivity index is 3.87. The first-order valence-corrected chi connectivity index (χ1v) is 5.36. The molecule has 0 spiro atoms. The zero-order chi connectivity index (χ0) is 10.7. The van der Waals surface area contributed by atoms with Crippen LogP contribution >= 0.6 is 0 Å². The van der Waals surface area contributed by atoms with Gasteiger partial charge in [0.25, 0.3) is 10.1 Å². The number of carbonyl (C=O) groups excluding carboxylic acids is 1. The Bertz CT molecular complexity index is 272. The molecule has 0 amide bonds. The van der Waals surface area contributed by atoms with Gasteiger partial charge in [0.2, 0.25) is 0 Å². The molecule has 0 aromatic carbocycles. The first kappa shape index (κ1) is 12.4. The van der Waals surface area contributed by atoms with E-state index >= 15 is 0 Å². The molecule has 0 aromatic heterocycles. The standard InChI is InChI=1S/C7H14O5S/c1-7(2,3)6(8)12-4-5-13(9,10)11/h4-5H2,1-3H3,(H,9,10,11). The zero-order valence-corrected chi connectivity index (χ0v) is 8.72. The molecule has 0 fully saturated rings. The van der Waals surface area contributed by atoms with Crippen LogP contribution < -0.4 is 0 Å². The summed E-state index contributed by atoms with van der Waals surface area (Å²) in [7, 11) is -4.04. The summed E-state index contributed by atoms with van der Waals surface area (Å²) in [4.78, 5) is 11.1.